The summed E-state index contributed by atoms with van der Waals surface area (Å²) in [4.78, 5) is 15.9. The molecule has 1 heterocycles. The number of benzene rings is 2. The van der Waals surface area contributed by atoms with E-state index in [1.54, 1.807) is 12.1 Å². The van der Waals surface area contributed by atoms with E-state index in [1.165, 1.54) is 6.92 Å². The van der Waals surface area contributed by atoms with Crippen LogP contribution < -0.4 is 0 Å². The van der Waals surface area contributed by atoms with Crippen molar-refractivity contribution in [1.29, 1.82) is 0 Å². The minimum atomic E-state index is -1.52. The lowest BCUT2D eigenvalue weighted by Crippen LogP contribution is -2.36. The summed E-state index contributed by atoms with van der Waals surface area (Å²) in [6.45, 7) is 3.14. The molecule has 3 aromatic rings. The molecule has 1 N–H and O–H groups in total. The number of aromatic nitrogens is 2. The number of aryl methyl sites for hydroxylation is 2. The Bertz CT molecular complexity index is 886. The summed E-state index contributed by atoms with van der Waals surface area (Å²) in [5, 5.41) is 11.4. The van der Waals surface area contributed by atoms with E-state index >= 15 is 0 Å². The normalized spacial score (nSPS) is 13.7. The molecule has 0 fully saturated rings. The molecular weight excluding hydrogens is 304 g/mol. The lowest BCUT2D eigenvalue weighted by Gasteiger charge is -2.27. The zero-order valence-corrected chi connectivity index (χ0v) is 14.0. The van der Waals surface area contributed by atoms with E-state index in [2.05, 4.69) is 4.98 Å². The summed E-state index contributed by atoms with van der Waals surface area (Å²) in [7, 11) is 1.85. The van der Waals surface area contributed by atoms with Gasteiger partial charge in [-0.2, -0.15) is 0 Å². The van der Waals surface area contributed by atoms with Gasteiger partial charge in [-0.3, -0.25) is 4.79 Å². The predicted octanol–water partition coefficient (Wildman–Crippen LogP) is 2.68. The largest absolute Gasteiger partial charge is 0.462 e. The number of nitrogens with zero attached hydrogens (tertiary/aromatic N) is 2. The number of fused-ring (bicyclic) bond motifs is 1. The quantitative estimate of drug-likeness (QED) is 0.750. The van der Waals surface area contributed by atoms with E-state index in [0.29, 0.717) is 11.4 Å². The predicted molar refractivity (Wildman–Crippen MR) is 91.5 cm³/mol. The third-order valence-corrected chi connectivity index (χ3v) is 4.14. The Morgan fingerprint density at radius 2 is 1.96 bits per heavy atom. The summed E-state index contributed by atoms with van der Waals surface area (Å²) in [6, 6.07) is 15.1. The molecule has 3 rings (SSSR count). The summed E-state index contributed by atoms with van der Waals surface area (Å²) in [5.41, 5.74) is 1.92. The second kappa shape index (κ2) is 6.09. The first-order valence-corrected chi connectivity index (χ1v) is 7.76. The minimum Gasteiger partial charge on any atom is -0.462 e. The van der Waals surface area contributed by atoms with Crippen molar-refractivity contribution >= 4 is 17.0 Å². The molecular formula is C19H20N2O3. The van der Waals surface area contributed by atoms with E-state index in [4.69, 9.17) is 4.74 Å². The Balaban J connectivity index is 2.19. The first-order chi connectivity index (χ1) is 11.4. The molecule has 2 aromatic carbocycles. The van der Waals surface area contributed by atoms with Gasteiger partial charge in [0, 0.05) is 14.0 Å². The highest BCUT2D eigenvalue weighted by Crippen LogP contribution is 2.31. The Morgan fingerprint density at radius 1 is 1.25 bits per heavy atom. The SMILES string of the molecule is CC(=O)OCC(O)(c1ccccc1)c1nc2ccc(C)cc2n1C. The monoisotopic (exact) mass is 324 g/mol. The lowest BCUT2D eigenvalue weighted by molar-refractivity contribution is -0.147. The van der Waals surface area contributed by atoms with Crippen molar-refractivity contribution in [3.63, 3.8) is 0 Å². The fourth-order valence-corrected chi connectivity index (χ4v) is 2.87. The number of hydrogen-bond acceptors (Lipinski definition) is 4. The van der Waals surface area contributed by atoms with Crippen LogP contribution in [0, 0.1) is 6.92 Å². The van der Waals surface area contributed by atoms with Crippen LogP contribution in [-0.2, 0) is 22.2 Å². The fraction of sp³-hybridized carbons (Fsp3) is 0.263. The summed E-state index contributed by atoms with van der Waals surface area (Å²) < 4.78 is 6.99. The highest BCUT2D eigenvalue weighted by atomic mass is 16.5. The molecule has 0 aliphatic rings. The third-order valence-electron chi connectivity index (χ3n) is 4.14. The van der Waals surface area contributed by atoms with Crippen LogP contribution in [0.3, 0.4) is 0 Å². The van der Waals surface area contributed by atoms with Gasteiger partial charge in [-0.1, -0.05) is 36.4 Å². The molecule has 0 bridgehead atoms. The average Bonchev–Trinajstić information content (AvgIpc) is 2.90. The molecule has 0 amide bonds. The van der Waals surface area contributed by atoms with Gasteiger partial charge < -0.3 is 14.4 Å². The molecule has 0 aliphatic carbocycles. The molecule has 0 spiro atoms. The van der Waals surface area contributed by atoms with Gasteiger partial charge in [0.2, 0.25) is 0 Å². The Morgan fingerprint density at radius 3 is 2.62 bits per heavy atom. The van der Waals surface area contributed by atoms with Crippen LogP contribution in [0.2, 0.25) is 0 Å². The van der Waals surface area contributed by atoms with Crippen LogP contribution in [0.4, 0.5) is 0 Å². The maximum Gasteiger partial charge on any atom is 0.302 e. The van der Waals surface area contributed by atoms with Gasteiger partial charge in [0.15, 0.2) is 5.60 Å². The molecule has 5 heteroatoms. The Hall–Kier alpha value is -2.66. The Labute approximate surface area is 140 Å². The van der Waals surface area contributed by atoms with E-state index in [1.807, 2.05) is 54.9 Å². The van der Waals surface area contributed by atoms with Crippen molar-refractivity contribution in [3.05, 3.63) is 65.5 Å². The third kappa shape index (κ3) is 2.78. The topological polar surface area (TPSA) is 64.3 Å². The van der Waals surface area contributed by atoms with Crippen LogP contribution in [0.1, 0.15) is 23.9 Å². The van der Waals surface area contributed by atoms with Gasteiger partial charge in [-0.15, -0.1) is 0 Å². The van der Waals surface area contributed by atoms with Crippen LogP contribution in [0.5, 0.6) is 0 Å². The van der Waals surface area contributed by atoms with Crippen molar-refractivity contribution in [2.24, 2.45) is 7.05 Å². The number of esters is 1. The second-order valence-corrected chi connectivity index (χ2v) is 5.99. The highest BCUT2D eigenvalue weighted by Gasteiger charge is 2.37. The van der Waals surface area contributed by atoms with Crippen LogP contribution >= 0.6 is 0 Å². The lowest BCUT2D eigenvalue weighted by atomic mass is 9.93. The van der Waals surface area contributed by atoms with Crippen molar-refractivity contribution < 1.29 is 14.6 Å². The molecule has 124 valence electrons. The molecule has 24 heavy (non-hydrogen) atoms. The number of aliphatic hydroxyl groups is 1. The molecule has 1 aromatic heterocycles. The Kier molecular flexibility index (Phi) is 4.11. The average molecular weight is 324 g/mol. The van der Waals surface area contributed by atoms with Crippen LogP contribution in [0.25, 0.3) is 11.0 Å². The van der Waals surface area contributed by atoms with Gasteiger partial charge in [0.25, 0.3) is 0 Å². The number of hydrogen-bond donors (Lipinski definition) is 1. The minimum absolute atomic E-state index is 0.192. The van der Waals surface area contributed by atoms with Gasteiger partial charge >= 0.3 is 5.97 Å². The van der Waals surface area contributed by atoms with Crippen LogP contribution in [-0.4, -0.2) is 27.2 Å². The first-order valence-electron chi connectivity index (χ1n) is 7.76. The standard InChI is InChI=1S/C19H20N2O3/c1-13-9-10-16-17(11-13)21(3)18(20-16)19(23,12-24-14(2)22)15-7-5-4-6-8-15/h4-11,23H,12H2,1-3H3. The van der Waals surface area contributed by atoms with Gasteiger partial charge in [0.1, 0.15) is 12.4 Å². The molecule has 0 saturated carbocycles. The number of rotatable bonds is 4. The summed E-state index contributed by atoms with van der Waals surface area (Å²) >= 11 is 0. The van der Waals surface area contributed by atoms with Crippen molar-refractivity contribution in [1.82, 2.24) is 9.55 Å². The van der Waals surface area contributed by atoms with Crippen molar-refractivity contribution in [3.8, 4) is 0 Å². The summed E-state index contributed by atoms with van der Waals surface area (Å²) in [5.74, 6) is -0.00508. The van der Waals surface area contributed by atoms with E-state index in [9.17, 15) is 9.90 Å². The smallest absolute Gasteiger partial charge is 0.302 e. The number of ether oxygens (including phenoxy) is 1. The highest BCUT2D eigenvalue weighted by molar-refractivity contribution is 5.77. The van der Waals surface area contributed by atoms with Crippen LogP contribution in [0.15, 0.2) is 48.5 Å². The summed E-state index contributed by atoms with van der Waals surface area (Å²) in [6.07, 6.45) is 0. The number of carbonyl (C=O) groups is 1. The molecule has 1 atom stereocenters. The molecule has 0 radical (unpaired) electrons. The van der Waals surface area contributed by atoms with Gasteiger partial charge in [-0.05, 0) is 30.2 Å². The van der Waals surface area contributed by atoms with Gasteiger partial charge in [0.05, 0.1) is 11.0 Å². The van der Waals surface area contributed by atoms with Crippen molar-refractivity contribution in [2.45, 2.75) is 19.4 Å². The maximum absolute atomic E-state index is 11.4. The number of imidazole rings is 1. The maximum atomic E-state index is 11.4. The zero-order chi connectivity index (χ0) is 17.3. The first kappa shape index (κ1) is 16.2. The van der Waals surface area contributed by atoms with Crippen molar-refractivity contribution in [2.75, 3.05) is 6.61 Å². The molecule has 1 unspecified atom stereocenters. The number of carbonyl (C=O) groups excluding carboxylic acids is 1. The van der Waals surface area contributed by atoms with E-state index in [-0.39, 0.29) is 6.61 Å². The fourth-order valence-electron chi connectivity index (χ4n) is 2.87. The molecule has 0 aliphatic heterocycles. The molecule has 5 nitrogen and oxygen atoms in total. The molecule has 0 saturated heterocycles. The zero-order valence-electron chi connectivity index (χ0n) is 14.0. The van der Waals surface area contributed by atoms with Gasteiger partial charge in [-0.25, -0.2) is 4.98 Å². The second-order valence-electron chi connectivity index (χ2n) is 5.99. The van der Waals surface area contributed by atoms with E-state index < -0.39 is 11.6 Å². The van der Waals surface area contributed by atoms with E-state index in [0.717, 1.165) is 16.6 Å².